The molecular weight excluding hydrogens is 216 g/mol. The molecule has 2 N–H and O–H groups in total. The quantitative estimate of drug-likeness (QED) is 0.647. The third-order valence-electron chi connectivity index (χ3n) is 3.54. The van der Waals surface area contributed by atoms with E-state index in [4.69, 9.17) is 4.74 Å². The molecule has 1 rings (SSSR count). The number of hydrogen-bond acceptors (Lipinski definition) is 4. The molecule has 0 amide bonds. The van der Waals surface area contributed by atoms with Crippen LogP contribution in [0.25, 0.3) is 0 Å². The zero-order valence-electron chi connectivity index (χ0n) is 11.5. The van der Waals surface area contributed by atoms with Gasteiger partial charge in [0.15, 0.2) is 0 Å². The number of nitrogens with zero attached hydrogens (tertiary/aromatic N) is 1. The van der Waals surface area contributed by atoms with Crippen molar-refractivity contribution < 1.29 is 9.84 Å². The predicted molar refractivity (Wildman–Crippen MR) is 70.2 cm³/mol. The van der Waals surface area contributed by atoms with Crippen LogP contribution < -0.4 is 5.32 Å². The van der Waals surface area contributed by atoms with E-state index in [9.17, 15) is 5.11 Å². The number of aliphatic hydroxyl groups excluding tert-OH is 1. The second-order valence-corrected chi connectivity index (χ2v) is 5.82. The maximum Gasteiger partial charge on any atom is 0.0791 e. The summed E-state index contributed by atoms with van der Waals surface area (Å²) >= 11 is 0. The topological polar surface area (TPSA) is 44.7 Å². The number of likely N-dealkylation sites (tertiary alicyclic amines) is 1. The van der Waals surface area contributed by atoms with E-state index >= 15 is 0 Å². The van der Waals surface area contributed by atoms with Crippen LogP contribution in [-0.4, -0.2) is 62.6 Å². The van der Waals surface area contributed by atoms with Gasteiger partial charge in [0.1, 0.15) is 0 Å². The highest BCUT2D eigenvalue weighted by Crippen LogP contribution is 2.29. The lowest BCUT2D eigenvalue weighted by atomic mass is 9.82. The average Bonchev–Trinajstić information content (AvgIpc) is 2.28. The van der Waals surface area contributed by atoms with Crippen LogP contribution in [0.4, 0.5) is 0 Å². The van der Waals surface area contributed by atoms with Crippen molar-refractivity contribution >= 4 is 0 Å². The van der Waals surface area contributed by atoms with E-state index in [2.05, 4.69) is 24.1 Å². The lowest BCUT2D eigenvalue weighted by Gasteiger charge is -2.37. The summed E-state index contributed by atoms with van der Waals surface area (Å²) in [5.74, 6) is 0. The first-order valence-corrected chi connectivity index (χ1v) is 6.63. The molecule has 1 fully saturated rings. The molecule has 1 saturated heterocycles. The fourth-order valence-electron chi connectivity index (χ4n) is 2.15. The van der Waals surface area contributed by atoms with Gasteiger partial charge in [0, 0.05) is 26.7 Å². The lowest BCUT2D eigenvalue weighted by Crippen LogP contribution is -2.44. The Hall–Kier alpha value is -0.160. The Kier molecular flexibility index (Phi) is 6.41. The van der Waals surface area contributed by atoms with Gasteiger partial charge in [-0.05, 0) is 31.3 Å². The summed E-state index contributed by atoms with van der Waals surface area (Å²) in [4.78, 5) is 2.37. The van der Waals surface area contributed by atoms with Crippen molar-refractivity contribution in [2.24, 2.45) is 5.41 Å². The molecule has 1 atom stereocenters. The number of nitrogens with one attached hydrogen (secondary N) is 1. The zero-order chi connectivity index (χ0) is 12.7. The molecule has 1 unspecified atom stereocenters. The minimum absolute atomic E-state index is 0.270. The van der Waals surface area contributed by atoms with Gasteiger partial charge in [-0.2, -0.15) is 0 Å². The van der Waals surface area contributed by atoms with E-state index in [0.717, 1.165) is 26.2 Å². The second-order valence-electron chi connectivity index (χ2n) is 5.82. The lowest BCUT2D eigenvalue weighted by molar-refractivity contribution is 0.0693. The first-order valence-electron chi connectivity index (χ1n) is 6.63. The van der Waals surface area contributed by atoms with Crippen molar-refractivity contribution in [1.82, 2.24) is 10.2 Å². The van der Waals surface area contributed by atoms with E-state index in [0.29, 0.717) is 18.6 Å². The normalized spacial score (nSPS) is 22.6. The second kappa shape index (κ2) is 7.31. The monoisotopic (exact) mass is 244 g/mol. The molecule has 0 saturated carbocycles. The van der Waals surface area contributed by atoms with Crippen LogP contribution in [0, 0.1) is 5.41 Å². The molecule has 4 nitrogen and oxygen atoms in total. The highest BCUT2D eigenvalue weighted by Gasteiger charge is 2.25. The predicted octanol–water partition coefficient (Wildman–Crippen LogP) is 0.705. The van der Waals surface area contributed by atoms with E-state index in [1.54, 1.807) is 7.11 Å². The van der Waals surface area contributed by atoms with Gasteiger partial charge in [-0.15, -0.1) is 0 Å². The van der Waals surface area contributed by atoms with E-state index < -0.39 is 0 Å². The first-order chi connectivity index (χ1) is 8.03. The van der Waals surface area contributed by atoms with Gasteiger partial charge in [-0.3, -0.25) is 0 Å². The zero-order valence-corrected chi connectivity index (χ0v) is 11.5. The minimum Gasteiger partial charge on any atom is -0.390 e. The minimum atomic E-state index is -0.270. The molecule has 0 radical (unpaired) electrons. The molecule has 0 bridgehead atoms. The maximum atomic E-state index is 9.89. The Bertz CT molecular complexity index is 200. The molecule has 1 aliphatic heterocycles. The summed E-state index contributed by atoms with van der Waals surface area (Å²) < 4.78 is 4.94. The summed E-state index contributed by atoms with van der Waals surface area (Å²) in [6.07, 6.45) is 2.20. The van der Waals surface area contributed by atoms with Crippen LogP contribution in [0.1, 0.15) is 26.7 Å². The molecular formula is C13H28N2O2. The van der Waals surface area contributed by atoms with E-state index in [1.165, 1.54) is 12.8 Å². The van der Waals surface area contributed by atoms with Gasteiger partial charge in [-0.25, -0.2) is 0 Å². The number of aliphatic hydroxyl groups is 1. The highest BCUT2D eigenvalue weighted by atomic mass is 16.5. The van der Waals surface area contributed by atoms with Crippen molar-refractivity contribution in [2.45, 2.75) is 32.8 Å². The molecule has 102 valence electrons. The number of methoxy groups -OCH3 is 1. The van der Waals surface area contributed by atoms with Crippen LogP contribution >= 0.6 is 0 Å². The largest absolute Gasteiger partial charge is 0.390 e. The Morgan fingerprint density at radius 2 is 2.00 bits per heavy atom. The van der Waals surface area contributed by atoms with Crippen LogP contribution in [0.3, 0.4) is 0 Å². The molecule has 0 spiro atoms. The molecule has 0 aliphatic carbocycles. The van der Waals surface area contributed by atoms with Gasteiger partial charge < -0.3 is 20.1 Å². The standard InChI is InChI=1S/C13H28N2O2/c1-13(2)4-7-15(8-5-13)11-12(16)10-14-6-9-17-3/h12,14,16H,4-11H2,1-3H3. The first kappa shape index (κ1) is 14.9. The van der Waals surface area contributed by atoms with Crippen molar-refractivity contribution in [3.05, 3.63) is 0 Å². The van der Waals surface area contributed by atoms with Gasteiger partial charge in [0.2, 0.25) is 0 Å². The number of ether oxygens (including phenoxy) is 1. The van der Waals surface area contributed by atoms with E-state index in [1.807, 2.05) is 0 Å². The SMILES string of the molecule is COCCNCC(O)CN1CCC(C)(C)CC1. The van der Waals surface area contributed by atoms with Crippen LogP contribution in [0.5, 0.6) is 0 Å². The van der Waals surface area contributed by atoms with Crippen molar-refractivity contribution in [2.75, 3.05) is 46.4 Å². The summed E-state index contributed by atoms with van der Waals surface area (Å²) in [6, 6.07) is 0. The van der Waals surface area contributed by atoms with Crippen LogP contribution in [-0.2, 0) is 4.74 Å². The molecule has 0 aromatic heterocycles. The molecule has 0 aromatic rings. The molecule has 4 heteroatoms. The third-order valence-corrected chi connectivity index (χ3v) is 3.54. The number of piperidine rings is 1. The highest BCUT2D eigenvalue weighted by molar-refractivity contribution is 4.80. The number of hydrogen-bond donors (Lipinski definition) is 2. The van der Waals surface area contributed by atoms with Crippen LogP contribution in [0.2, 0.25) is 0 Å². The molecule has 0 aromatic carbocycles. The number of rotatable bonds is 7. The fourth-order valence-corrected chi connectivity index (χ4v) is 2.15. The summed E-state index contributed by atoms with van der Waals surface area (Å²) in [6.45, 7) is 9.83. The van der Waals surface area contributed by atoms with Crippen molar-refractivity contribution in [3.63, 3.8) is 0 Å². The Morgan fingerprint density at radius 3 is 2.59 bits per heavy atom. The van der Waals surface area contributed by atoms with Gasteiger partial charge >= 0.3 is 0 Å². The van der Waals surface area contributed by atoms with Gasteiger partial charge in [-0.1, -0.05) is 13.8 Å². The van der Waals surface area contributed by atoms with Gasteiger partial charge in [0.25, 0.3) is 0 Å². The van der Waals surface area contributed by atoms with Gasteiger partial charge in [0.05, 0.1) is 12.7 Å². The van der Waals surface area contributed by atoms with E-state index in [-0.39, 0.29) is 6.10 Å². The average molecular weight is 244 g/mol. The summed E-state index contributed by atoms with van der Waals surface area (Å²) in [5.41, 5.74) is 0.484. The van der Waals surface area contributed by atoms with Crippen LogP contribution in [0.15, 0.2) is 0 Å². The molecule has 17 heavy (non-hydrogen) atoms. The Labute approximate surface area is 105 Å². The Balaban J connectivity index is 2.08. The smallest absolute Gasteiger partial charge is 0.0791 e. The fraction of sp³-hybridized carbons (Fsp3) is 1.00. The maximum absolute atomic E-state index is 9.89. The molecule has 1 aliphatic rings. The summed E-state index contributed by atoms with van der Waals surface area (Å²) in [5, 5.41) is 13.1. The van der Waals surface area contributed by atoms with Crippen molar-refractivity contribution in [3.8, 4) is 0 Å². The Morgan fingerprint density at radius 1 is 1.35 bits per heavy atom. The third kappa shape index (κ3) is 6.36. The molecule has 1 heterocycles. The number of β-amino-alcohol motifs (C(OH)–C–C–N with tert-alkyl or cyclic N) is 1. The van der Waals surface area contributed by atoms with Crippen molar-refractivity contribution in [1.29, 1.82) is 0 Å². The summed E-state index contributed by atoms with van der Waals surface area (Å²) in [7, 11) is 1.69.